The van der Waals surface area contributed by atoms with Crippen LogP contribution in [-0.2, 0) is 13.1 Å². The van der Waals surface area contributed by atoms with Gasteiger partial charge in [-0.1, -0.05) is 5.16 Å². The summed E-state index contributed by atoms with van der Waals surface area (Å²) in [4.78, 5) is 8.21. The Hall–Kier alpha value is -1.27. The van der Waals surface area contributed by atoms with Gasteiger partial charge in [0, 0.05) is 11.9 Å². The molecule has 0 aliphatic carbocycles. The number of nitrogens with one attached hydrogen (secondary N) is 1. The SMILES string of the molecule is Cc1noc(CNCc2cscn2)n1. The molecule has 0 radical (unpaired) electrons. The van der Waals surface area contributed by atoms with E-state index in [9.17, 15) is 0 Å². The van der Waals surface area contributed by atoms with E-state index < -0.39 is 0 Å². The standard InChI is InChI=1S/C8H10N4OS/c1-6-11-8(13-12-6)3-9-2-7-4-14-5-10-7/h4-5,9H,2-3H2,1H3. The molecule has 0 amide bonds. The Kier molecular flexibility index (Phi) is 2.85. The van der Waals surface area contributed by atoms with Gasteiger partial charge in [0.2, 0.25) is 5.89 Å². The predicted octanol–water partition coefficient (Wildman–Crippen LogP) is 1.12. The second kappa shape index (κ2) is 4.30. The predicted molar refractivity (Wildman–Crippen MR) is 51.7 cm³/mol. The fourth-order valence-corrected chi connectivity index (χ4v) is 1.59. The van der Waals surface area contributed by atoms with Crippen LogP contribution in [0.5, 0.6) is 0 Å². The first-order valence-corrected chi connectivity index (χ1v) is 5.16. The second-order valence-corrected chi connectivity index (χ2v) is 3.54. The van der Waals surface area contributed by atoms with Crippen molar-refractivity contribution >= 4 is 11.3 Å². The van der Waals surface area contributed by atoms with Crippen molar-refractivity contribution in [3.63, 3.8) is 0 Å². The van der Waals surface area contributed by atoms with Crippen LogP contribution < -0.4 is 5.32 Å². The lowest BCUT2D eigenvalue weighted by atomic mass is 10.5. The quantitative estimate of drug-likeness (QED) is 0.819. The van der Waals surface area contributed by atoms with E-state index >= 15 is 0 Å². The Morgan fingerprint density at radius 3 is 3.07 bits per heavy atom. The molecule has 0 fully saturated rings. The molecule has 2 heterocycles. The maximum atomic E-state index is 4.94. The van der Waals surface area contributed by atoms with Crippen LogP contribution in [0, 0.1) is 6.92 Å². The molecule has 2 rings (SSSR count). The lowest BCUT2D eigenvalue weighted by Crippen LogP contribution is -2.13. The van der Waals surface area contributed by atoms with Crippen LogP contribution in [-0.4, -0.2) is 15.1 Å². The molecule has 0 atom stereocenters. The highest BCUT2D eigenvalue weighted by molar-refractivity contribution is 7.07. The molecule has 0 spiro atoms. The highest BCUT2D eigenvalue weighted by Crippen LogP contribution is 2.01. The lowest BCUT2D eigenvalue weighted by Gasteiger charge is -1.96. The third kappa shape index (κ3) is 2.36. The average molecular weight is 210 g/mol. The van der Waals surface area contributed by atoms with E-state index in [1.165, 1.54) is 0 Å². The molecule has 0 aliphatic rings. The largest absolute Gasteiger partial charge is 0.338 e. The fraction of sp³-hybridized carbons (Fsp3) is 0.375. The molecule has 5 nitrogen and oxygen atoms in total. The minimum absolute atomic E-state index is 0.582. The van der Waals surface area contributed by atoms with E-state index in [1.54, 1.807) is 18.3 Å². The molecule has 74 valence electrons. The molecular weight excluding hydrogens is 200 g/mol. The highest BCUT2D eigenvalue weighted by Gasteiger charge is 2.01. The van der Waals surface area contributed by atoms with E-state index in [1.807, 2.05) is 10.9 Å². The topological polar surface area (TPSA) is 63.8 Å². The van der Waals surface area contributed by atoms with Gasteiger partial charge in [-0.3, -0.25) is 0 Å². The number of hydrogen-bond acceptors (Lipinski definition) is 6. The highest BCUT2D eigenvalue weighted by atomic mass is 32.1. The molecule has 6 heteroatoms. The molecule has 0 saturated carbocycles. The first-order valence-electron chi connectivity index (χ1n) is 4.21. The van der Waals surface area contributed by atoms with Crippen molar-refractivity contribution in [1.29, 1.82) is 0 Å². The molecule has 1 N–H and O–H groups in total. The Labute approximate surface area is 85.2 Å². The number of nitrogens with zero attached hydrogens (tertiary/aromatic N) is 3. The van der Waals surface area contributed by atoms with Gasteiger partial charge >= 0.3 is 0 Å². The van der Waals surface area contributed by atoms with Gasteiger partial charge in [0.1, 0.15) is 0 Å². The maximum Gasteiger partial charge on any atom is 0.240 e. The van der Waals surface area contributed by atoms with Crippen LogP contribution in [0.15, 0.2) is 15.4 Å². The van der Waals surface area contributed by atoms with Gasteiger partial charge in [0.05, 0.1) is 17.7 Å². The monoisotopic (exact) mass is 210 g/mol. The van der Waals surface area contributed by atoms with Crippen LogP contribution in [0.2, 0.25) is 0 Å². The summed E-state index contributed by atoms with van der Waals surface area (Å²) in [5.74, 6) is 1.27. The van der Waals surface area contributed by atoms with Crippen molar-refractivity contribution in [2.45, 2.75) is 20.0 Å². The molecule has 0 unspecified atom stereocenters. The Balaban J connectivity index is 1.78. The van der Waals surface area contributed by atoms with Crippen LogP contribution in [0.1, 0.15) is 17.4 Å². The minimum Gasteiger partial charge on any atom is -0.338 e. The number of aromatic nitrogens is 3. The lowest BCUT2D eigenvalue weighted by molar-refractivity contribution is 0.364. The van der Waals surface area contributed by atoms with Crippen molar-refractivity contribution in [3.05, 3.63) is 28.3 Å². The zero-order valence-corrected chi connectivity index (χ0v) is 8.54. The van der Waals surface area contributed by atoms with Gasteiger partial charge in [0.15, 0.2) is 5.82 Å². The third-order valence-corrected chi connectivity index (χ3v) is 2.27. The van der Waals surface area contributed by atoms with E-state index in [0.29, 0.717) is 18.3 Å². The van der Waals surface area contributed by atoms with Crippen molar-refractivity contribution in [3.8, 4) is 0 Å². The molecule has 0 bridgehead atoms. The van der Waals surface area contributed by atoms with E-state index in [0.717, 1.165) is 12.2 Å². The molecular formula is C8H10N4OS. The van der Waals surface area contributed by atoms with Crippen molar-refractivity contribution in [2.24, 2.45) is 0 Å². The molecule has 2 aromatic heterocycles. The zero-order valence-electron chi connectivity index (χ0n) is 7.73. The van der Waals surface area contributed by atoms with Gasteiger partial charge in [-0.25, -0.2) is 4.98 Å². The molecule has 0 saturated heterocycles. The summed E-state index contributed by atoms with van der Waals surface area (Å²) in [7, 11) is 0. The fourth-order valence-electron chi connectivity index (χ4n) is 1.03. The summed E-state index contributed by atoms with van der Waals surface area (Å²) in [5, 5.41) is 8.86. The Morgan fingerprint density at radius 1 is 1.50 bits per heavy atom. The van der Waals surface area contributed by atoms with Crippen LogP contribution in [0.3, 0.4) is 0 Å². The number of thiazole rings is 1. The number of hydrogen-bond donors (Lipinski definition) is 1. The maximum absolute atomic E-state index is 4.94. The molecule has 0 aromatic carbocycles. The van der Waals surface area contributed by atoms with Gasteiger partial charge < -0.3 is 9.84 Å². The summed E-state index contributed by atoms with van der Waals surface area (Å²) >= 11 is 1.59. The normalized spacial score (nSPS) is 10.6. The molecule has 0 aliphatic heterocycles. The minimum atomic E-state index is 0.582. The van der Waals surface area contributed by atoms with E-state index in [-0.39, 0.29) is 0 Å². The van der Waals surface area contributed by atoms with Gasteiger partial charge in [0.25, 0.3) is 0 Å². The number of aryl methyl sites for hydroxylation is 1. The van der Waals surface area contributed by atoms with Gasteiger partial charge in [-0.2, -0.15) is 4.98 Å². The van der Waals surface area contributed by atoms with Crippen LogP contribution in [0.25, 0.3) is 0 Å². The first-order chi connectivity index (χ1) is 6.84. The van der Waals surface area contributed by atoms with Crippen molar-refractivity contribution in [2.75, 3.05) is 0 Å². The summed E-state index contributed by atoms with van der Waals surface area (Å²) in [6.07, 6.45) is 0. The van der Waals surface area contributed by atoms with E-state index in [4.69, 9.17) is 4.52 Å². The van der Waals surface area contributed by atoms with Gasteiger partial charge in [-0.05, 0) is 6.92 Å². The summed E-state index contributed by atoms with van der Waals surface area (Å²) in [5.41, 5.74) is 2.85. The zero-order chi connectivity index (χ0) is 9.80. The third-order valence-electron chi connectivity index (χ3n) is 1.64. The van der Waals surface area contributed by atoms with E-state index in [2.05, 4.69) is 20.4 Å². The molecule has 2 aromatic rings. The van der Waals surface area contributed by atoms with Gasteiger partial charge in [-0.15, -0.1) is 11.3 Å². The van der Waals surface area contributed by atoms with Crippen molar-refractivity contribution in [1.82, 2.24) is 20.4 Å². The molecule has 14 heavy (non-hydrogen) atoms. The Morgan fingerprint density at radius 2 is 2.43 bits per heavy atom. The number of rotatable bonds is 4. The van der Waals surface area contributed by atoms with Crippen molar-refractivity contribution < 1.29 is 4.52 Å². The second-order valence-electron chi connectivity index (χ2n) is 2.82. The average Bonchev–Trinajstić information content (AvgIpc) is 2.77. The Bertz CT molecular complexity index is 384. The van der Waals surface area contributed by atoms with Crippen LogP contribution in [0.4, 0.5) is 0 Å². The summed E-state index contributed by atoms with van der Waals surface area (Å²) < 4.78 is 4.94. The summed E-state index contributed by atoms with van der Waals surface area (Å²) in [6, 6.07) is 0. The first kappa shape index (κ1) is 9.29. The smallest absolute Gasteiger partial charge is 0.240 e. The summed E-state index contributed by atoms with van der Waals surface area (Å²) in [6.45, 7) is 3.11. The van der Waals surface area contributed by atoms with Crippen LogP contribution >= 0.6 is 11.3 Å².